The second-order valence-corrected chi connectivity index (χ2v) is 8.31. The van der Waals surface area contributed by atoms with Gasteiger partial charge in [-0.25, -0.2) is 4.39 Å². The highest BCUT2D eigenvalue weighted by Gasteiger charge is 2.36. The largest absolute Gasteiger partial charge is 0.493 e. The summed E-state index contributed by atoms with van der Waals surface area (Å²) >= 11 is 7.30. The van der Waals surface area contributed by atoms with Crippen LogP contribution < -0.4 is 10.1 Å². The molecule has 0 aromatic carbocycles. The zero-order chi connectivity index (χ0) is 19.4. The molecule has 27 heavy (non-hydrogen) atoms. The minimum absolute atomic E-state index is 0.158. The monoisotopic (exact) mass is 411 g/mol. The molecule has 1 amide bonds. The van der Waals surface area contributed by atoms with E-state index in [1.54, 1.807) is 16.5 Å². The summed E-state index contributed by atoms with van der Waals surface area (Å²) < 4.78 is 20.7. The third-order valence-corrected chi connectivity index (χ3v) is 5.99. The molecular formula is C19H23ClFN3O2S. The second kappa shape index (κ2) is 8.54. The van der Waals surface area contributed by atoms with Crippen LogP contribution in [0.25, 0.3) is 0 Å². The van der Waals surface area contributed by atoms with Gasteiger partial charge < -0.3 is 15.0 Å². The van der Waals surface area contributed by atoms with Gasteiger partial charge in [0.2, 0.25) is 0 Å². The number of hydrogen-bond donors (Lipinski definition) is 1. The summed E-state index contributed by atoms with van der Waals surface area (Å²) in [5, 5.41) is 4.84. The van der Waals surface area contributed by atoms with Crippen molar-refractivity contribution < 1.29 is 13.9 Å². The molecular weight excluding hydrogens is 389 g/mol. The summed E-state index contributed by atoms with van der Waals surface area (Å²) in [6.07, 6.45) is 2.40. The summed E-state index contributed by atoms with van der Waals surface area (Å²) in [5.41, 5.74) is 1.11. The number of nitrogens with one attached hydrogen (secondary N) is 1. The van der Waals surface area contributed by atoms with Crippen molar-refractivity contribution in [2.45, 2.75) is 32.0 Å². The van der Waals surface area contributed by atoms with Crippen molar-refractivity contribution in [2.75, 3.05) is 26.7 Å². The summed E-state index contributed by atoms with van der Waals surface area (Å²) in [7, 11) is 1.49. The number of ether oxygens (including phenoxy) is 1. The molecule has 8 heteroatoms. The second-order valence-electron chi connectivity index (χ2n) is 6.83. The molecule has 0 spiro atoms. The zero-order valence-corrected chi connectivity index (χ0v) is 17.0. The standard InChI is InChI=1S/C19H23ClFN3O2S/c1-13-3-4-14(23-9-13)10-22-12-19(21)5-7-24(8-6-19)18(25)15-11-27-17(20)16(15)26-2/h3-4,9,11,22H,5-8,10,12H2,1-2H3. The molecule has 5 nitrogen and oxygen atoms in total. The molecule has 1 fully saturated rings. The average Bonchev–Trinajstić information content (AvgIpc) is 3.04. The lowest BCUT2D eigenvalue weighted by atomic mass is 9.93. The van der Waals surface area contributed by atoms with Gasteiger partial charge in [0.1, 0.15) is 10.0 Å². The lowest BCUT2D eigenvalue weighted by molar-refractivity contribution is 0.0432. The number of pyridine rings is 1. The maximum Gasteiger partial charge on any atom is 0.258 e. The number of thiophene rings is 1. The predicted octanol–water partition coefficient (Wildman–Crippen LogP) is 3.85. The minimum atomic E-state index is -1.32. The summed E-state index contributed by atoms with van der Waals surface area (Å²) in [5.74, 6) is 0.241. The first-order valence-electron chi connectivity index (χ1n) is 8.83. The Balaban J connectivity index is 1.51. The molecule has 2 aromatic heterocycles. The molecule has 146 valence electrons. The van der Waals surface area contributed by atoms with E-state index in [0.29, 0.717) is 48.1 Å². The number of methoxy groups -OCH3 is 1. The van der Waals surface area contributed by atoms with E-state index in [1.165, 1.54) is 18.4 Å². The maximum atomic E-state index is 15.1. The van der Waals surface area contributed by atoms with E-state index in [2.05, 4.69) is 10.3 Å². The lowest BCUT2D eigenvalue weighted by Gasteiger charge is -2.36. The topological polar surface area (TPSA) is 54.5 Å². The number of rotatable bonds is 6. The third kappa shape index (κ3) is 4.78. The Hall–Kier alpha value is -1.70. The molecule has 2 aromatic rings. The average molecular weight is 412 g/mol. The molecule has 0 atom stereocenters. The predicted molar refractivity (Wildman–Crippen MR) is 106 cm³/mol. The fourth-order valence-corrected chi connectivity index (χ4v) is 4.18. The number of aryl methyl sites for hydroxylation is 1. The van der Waals surface area contributed by atoms with Crippen molar-refractivity contribution in [3.63, 3.8) is 0 Å². The van der Waals surface area contributed by atoms with Crippen LogP contribution in [0, 0.1) is 6.92 Å². The van der Waals surface area contributed by atoms with Gasteiger partial charge in [-0.3, -0.25) is 9.78 Å². The van der Waals surface area contributed by atoms with Gasteiger partial charge in [-0.15, -0.1) is 11.3 Å². The summed E-state index contributed by atoms with van der Waals surface area (Å²) in [6.45, 7) is 3.50. The fraction of sp³-hybridized carbons (Fsp3) is 0.474. The van der Waals surface area contributed by atoms with Gasteiger partial charge in [0.15, 0.2) is 5.75 Å². The van der Waals surface area contributed by atoms with Crippen molar-refractivity contribution in [3.05, 3.63) is 44.9 Å². The molecule has 3 heterocycles. The Kier molecular flexibility index (Phi) is 6.34. The number of alkyl halides is 1. The van der Waals surface area contributed by atoms with Crippen LogP contribution in [-0.2, 0) is 6.54 Å². The Morgan fingerprint density at radius 1 is 1.44 bits per heavy atom. The third-order valence-electron chi connectivity index (χ3n) is 4.81. The van der Waals surface area contributed by atoms with E-state index in [1.807, 2.05) is 19.1 Å². The first-order chi connectivity index (χ1) is 12.9. The number of halogens is 2. The number of carbonyl (C=O) groups excluding carboxylic acids is 1. The van der Waals surface area contributed by atoms with Crippen LogP contribution in [0.3, 0.4) is 0 Å². The first-order valence-corrected chi connectivity index (χ1v) is 10.1. The number of amides is 1. The first kappa shape index (κ1) is 20.0. The van der Waals surface area contributed by atoms with Crippen LogP contribution in [0.5, 0.6) is 5.75 Å². The summed E-state index contributed by atoms with van der Waals surface area (Å²) in [6, 6.07) is 3.93. The van der Waals surface area contributed by atoms with Crippen molar-refractivity contribution in [2.24, 2.45) is 0 Å². The Morgan fingerprint density at radius 3 is 2.81 bits per heavy atom. The van der Waals surface area contributed by atoms with Gasteiger partial charge >= 0.3 is 0 Å². The molecule has 0 saturated carbocycles. The van der Waals surface area contributed by atoms with Crippen LogP contribution >= 0.6 is 22.9 Å². The number of piperidine rings is 1. The van der Waals surface area contributed by atoms with Crippen molar-refractivity contribution in [1.82, 2.24) is 15.2 Å². The fourth-order valence-electron chi connectivity index (χ4n) is 3.14. The van der Waals surface area contributed by atoms with Gasteiger partial charge in [0, 0.05) is 50.6 Å². The Bertz CT molecular complexity index is 789. The van der Waals surface area contributed by atoms with Gasteiger partial charge in [0.25, 0.3) is 5.91 Å². The normalized spacial score (nSPS) is 16.4. The van der Waals surface area contributed by atoms with Gasteiger partial charge in [0.05, 0.1) is 18.4 Å². The van der Waals surface area contributed by atoms with E-state index in [4.69, 9.17) is 16.3 Å². The molecule has 0 aliphatic carbocycles. The van der Waals surface area contributed by atoms with E-state index in [-0.39, 0.29) is 12.5 Å². The van der Waals surface area contributed by atoms with Crippen LogP contribution in [0.15, 0.2) is 23.7 Å². The van der Waals surface area contributed by atoms with Gasteiger partial charge in [-0.1, -0.05) is 17.7 Å². The highest BCUT2D eigenvalue weighted by molar-refractivity contribution is 7.15. The van der Waals surface area contributed by atoms with Crippen molar-refractivity contribution in [3.8, 4) is 5.75 Å². The molecule has 0 unspecified atom stereocenters. The smallest absolute Gasteiger partial charge is 0.258 e. The molecule has 1 N–H and O–H groups in total. The number of carbonyl (C=O) groups is 1. The van der Waals surface area contributed by atoms with E-state index in [9.17, 15) is 4.79 Å². The van der Waals surface area contributed by atoms with E-state index >= 15 is 4.39 Å². The Morgan fingerprint density at radius 2 is 2.19 bits per heavy atom. The SMILES string of the molecule is COc1c(C(=O)N2CCC(F)(CNCc3ccc(C)cn3)CC2)csc1Cl. The highest BCUT2D eigenvalue weighted by atomic mass is 35.5. The van der Waals surface area contributed by atoms with E-state index in [0.717, 1.165) is 11.3 Å². The Labute approximate surface area is 167 Å². The molecule has 0 bridgehead atoms. The molecule has 1 aliphatic heterocycles. The molecule has 1 saturated heterocycles. The van der Waals surface area contributed by atoms with Crippen molar-refractivity contribution in [1.29, 1.82) is 0 Å². The minimum Gasteiger partial charge on any atom is -0.493 e. The lowest BCUT2D eigenvalue weighted by Crippen LogP contribution is -2.48. The quantitative estimate of drug-likeness (QED) is 0.784. The highest BCUT2D eigenvalue weighted by Crippen LogP contribution is 2.36. The number of hydrogen-bond acceptors (Lipinski definition) is 5. The van der Waals surface area contributed by atoms with Gasteiger partial charge in [-0.2, -0.15) is 0 Å². The number of aromatic nitrogens is 1. The van der Waals surface area contributed by atoms with Crippen LogP contribution in [0.4, 0.5) is 4.39 Å². The van der Waals surface area contributed by atoms with E-state index < -0.39 is 5.67 Å². The molecule has 0 radical (unpaired) electrons. The number of nitrogens with zero attached hydrogens (tertiary/aromatic N) is 2. The zero-order valence-electron chi connectivity index (χ0n) is 15.4. The van der Waals surface area contributed by atoms with Crippen molar-refractivity contribution >= 4 is 28.8 Å². The molecule has 3 rings (SSSR count). The van der Waals surface area contributed by atoms with Crippen LogP contribution in [0.2, 0.25) is 4.34 Å². The number of likely N-dealkylation sites (tertiary alicyclic amines) is 1. The molecule has 1 aliphatic rings. The maximum absolute atomic E-state index is 15.1. The summed E-state index contributed by atoms with van der Waals surface area (Å²) in [4.78, 5) is 18.7. The van der Waals surface area contributed by atoms with Gasteiger partial charge in [-0.05, 0) is 18.6 Å². The van der Waals surface area contributed by atoms with Crippen LogP contribution in [0.1, 0.15) is 34.5 Å². The van der Waals surface area contributed by atoms with Crippen LogP contribution in [-0.4, -0.2) is 48.2 Å².